The average molecular weight is 480 g/mol. The SMILES string of the molecule is C[C@H](CN(C)Cc1ccccc1)NC(=O)c1ccc(-c2noc(C(F)(F)Br)n2)nc1. The van der Waals surface area contributed by atoms with Gasteiger partial charge in [-0.1, -0.05) is 35.5 Å². The highest BCUT2D eigenvalue weighted by Gasteiger charge is 2.35. The molecule has 1 atom stereocenters. The first kappa shape index (κ1) is 22.0. The Kier molecular flexibility index (Phi) is 6.88. The van der Waals surface area contributed by atoms with E-state index in [0.29, 0.717) is 12.1 Å². The molecule has 158 valence electrons. The van der Waals surface area contributed by atoms with E-state index in [4.69, 9.17) is 0 Å². The minimum Gasteiger partial charge on any atom is -0.348 e. The monoisotopic (exact) mass is 479 g/mol. The van der Waals surface area contributed by atoms with Gasteiger partial charge in [-0.3, -0.25) is 9.78 Å². The van der Waals surface area contributed by atoms with Crippen LogP contribution >= 0.6 is 15.9 Å². The molecule has 2 aromatic heterocycles. The van der Waals surface area contributed by atoms with Crippen molar-refractivity contribution in [1.82, 2.24) is 25.3 Å². The summed E-state index contributed by atoms with van der Waals surface area (Å²) in [4.78, 5) is 18.8. The molecule has 0 saturated carbocycles. The summed E-state index contributed by atoms with van der Waals surface area (Å²) in [5.41, 5.74) is 1.75. The number of alkyl halides is 3. The van der Waals surface area contributed by atoms with Gasteiger partial charge in [0, 0.05) is 41.3 Å². The molecule has 30 heavy (non-hydrogen) atoms. The van der Waals surface area contributed by atoms with Gasteiger partial charge in [0.2, 0.25) is 5.82 Å². The van der Waals surface area contributed by atoms with Gasteiger partial charge >= 0.3 is 10.7 Å². The standard InChI is InChI=1S/C20H20BrF2N5O2/c1-13(11-28(2)12-14-6-4-3-5-7-14)25-18(29)15-8-9-16(24-10-15)17-26-19(30-27-17)20(21,22)23/h3-10,13H,11-12H2,1-2H3,(H,25,29)/t13-/m1/s1. The zero-order valence-electron chi connectivity index (χ0n) is 16.3. The largest absolute Gasteiger partial charge is 0.378 e. The lowest BCUT2D eigenvalue weighted by Gasteiger charge is -2.22. The van der Waals surface area contributed by atoms with Crippen LogP contribution in [0.2, 0.25) is 0 Å². The van der Waals surface area contributed by atoms with Crippen LogP contribution in [-0.4, -0.2) is 45.6 Å². The molecular formula is C20H20BrF2N5O2. The number of nitrogens with one attached hydrogen (secondary N) is 1. The second kappa shape index (κ2) is 9.40. The van der Waals surface area contributed by atoms with E-state index in [1.165, 1.54) is 23.9 Å². The number of rotatable bonds is 8. The van der Waals surface area contributed by atoms with E-state index < -0.39 is 10.7 Å². The molecule has 0 aliphatic rings. The van der Waals surface area contributed by atoms with Crippen LogP contribution in [-0.2, 0) is 11.4 Å². The number of benzene rings is 1. The summed E-state index contributed by atoms with van der Waals surface area (Å²) in [6.45, 7) is 3.36. The smallest absolute Gasteiger partial charge is 0.348 e. The number of carbonyl (C=O) groups is 1. The Morgan fingerprint density at radius 2 is 2.00 bits per heavy atom. The molecule has 7 nitrogen and oxygen atoms in total. The molecule has 0 spiro atoms. The van der Waals surface area contributed by atoms with Gasteiger partial charge in [0.1, 0.15) is 5.69 Å². The number of hydrogen-bond donors (Lipinski definition) is 1. The fraction of sp³-hybridized carbons (Fsp3) is 0.300. The predicted octanol–water partition coefficient (Wildman–Crippen LogP) is 3.83. The molecule has 0 fully saturated rings. The highest BCUT2D eigenvalue weighted by atomic mass is 79.9. The molecule has 3 rings (SSSR count). The third kappa shape index (κ3) is 5.90. The molecule has 0 saturated heterocycles. The van der Waals surface area contributed by atoms with Crippen molar-refractivity contribution in [1.29, 1.82) is 0 Å². The second-order valence-corrected chi connectivity index (χ2v) is 7.91. The minimum absolute atomic E-state index is 0.0908. The molecule has 0 bridgehead atoms. The third-order valence-corrected chi connectivity index (χ3v) is 4.52. The van der Waals surface area contributed by atoms with Crippen LogP contribution in [0.3, 0.4) is 0 Å². The van der Waals surface area contributed by atoms with E-state index in [1.54, 1.807) is 0 Å². The number of hydrogen-bond acceptors (Lipinski definition) is 6. The quantitative estimate of drug-likeness (QED) is 0.494. The number of halogens is 3. The van der Waals surface area contributed by atoms with Gasteiger partial charge in [0.05, 0.1) is 5.56 Å². The van der Waals surface area contributed by atoms with E-state index in [1.807, 2.05) is 32.2 Å². The van der Waals surface area contributed by atoms with Crippen LogP contribution in [0.1, 0.15) is 28.7 Å². The van der Waals surface area contributed by atoms with E-state index in [-0.39, 0.29) is 23.5 Å². The van der Waals surface area contributed by atoms with Gasteiger partial charge in [-0.15, -0.1) is 0 Å². The number of aromatic nitrogens is 3. The van der Waals surface area contributed by atoms with Crippen LogP contribution < -0.4 is 5.32 Å². The molecule has 1 amide bonds. The Labute approximate surface area is 180 Å². The summed E-state index contributed by atoms with van der Waals surface area (Å²) in [5.74, 6) is -1.24. The van der Waals surface area contributed by atoms with E-state index in [0.717, 1.165) is 6.54 Å². The zero-order valence-corrected chi connectivity index (χ0v) is 17.9. The summed E-state index contributed by atoms with van der Waals surface area (Å²) in [7, 11) is 1.99. The van der Waals surface area contributed by atoms with Gasteiger partial charge in [0.15, 0.2) is 0 Å². The molecule has 2 heterocycles. The third-order valence-electron chi connectivity index (χ3n) is 4.18. The predicted molar refractivity (Wildman–Crippen MR) is 110 cm³/mol. The molecule has 10 heteroatoms. The van der Waals surface area contributed by atoms with Crippen molar-refractivity contribution in [3.63, 3.8) is 0 Å². The highest BCUT2D eigenvalue weighted by molar-refractivity contribution is 9.09. The van der Waals surface area contributed by atoms with Crippen molar-refractivity contribution < 1.29 is 18.1 Å². The normalized spacial score (nSPS) is 12.7. The number of amides is 1. The number of nitrogens with zero attached hydrogens (tertiary/aromatic N) is 4. The minimum atomic E-state index is -3.41. The van der Waals surface area contributed by atoms with Crippen LogP contribution in [0.4, 0.5) is 8.78 Å². The summed E-state index contributed by atoms with van der Waals surface area (Å²) < 4.78 is 30.8. The number of carbonyl (C=O) groups excluding carboxylic acids is 1. The van der Waals surface area contributed by atoms with Gasteiger partial charge < -0.3 is 14.7 Å². The first-order chi connectivity index (χ1) is 14.2. The van der Waals surface area contributed by atoms with Gasteiger partial charge in [-0.25, -0.2) is 0 Å². The molecule has 1 aromatic carbocycles. The van der Waals surface area contributed by atoms with Gasteiger partial charge in [-0.2, -0.15) is 13.8 Å². The van der Waals surface area contributed by atoms with Crippen LogP contribution in [0.5, 0.6) is 0 Å². The fourth-order valence-corrected chi connectivity index (χ4v) is 3.04. The zero-order chi connectivity index (χ0) is 21.7. The molecule has 0 aliphatic carbocycles. The fourth-order valence-electron chi connectivity index (χ4n) is 2.88. The van der Waals surface area contributed by atoms with Crippen molar-refractivity contribution in [2.45, 2.75) is 24.3 Å². The summed E-state index contributed by atoms with van der Waals surface area (Å²) in [5, 5.41) is 6.40. The maximum absolute atomic E-state index is 13.1. The van der Waals surface area contributed by atoms with Crippen molar-refractivity contribution in [2.75, 3.05) is 13.6 Å². The maximum atomic E-state index is 13.1. The van der Waals surface area contributed by atoms with Gasteiger partial charge in [-0.05, 0) is 31.7 Å². The van der Waals surface area contributed by atoms with Crippen molar-refractivity contribution in [3.05, 3.63) is 65.7 Å². The van der Waals surface area contributed by atoms with E-state index >= 15 is 0 Å². The lowest BCUT2D eigenvalue weighted by atomic mass is 10.2. The summed E-state index contributed by atoms with van der Waals surface area (Å²) >= 11 is 2.15. The van der Waals surface area contributed by atoms with Gasteiger partial charge in [0.25, 0.3) is 5.91 Å². The van der Waals surface area contributed by atoms with E-state index in [9.17, 15) is 13.6 Å². The molecule has 0 radical (unpaired) electrons. The maximum Gasteiger partial charge on any atom is 0.378 e. The van der Waals surface area contributed by atoms with Crippen molar-refractivity contribution in [2.24, 2.45) is 0 Å². The Hall–Kier alpha value is -2.72. The Bertz CT molecular complexity index is 977. The van der Waals surface area contributed by atoms with Crippen LogP contribution in [0.25, 0.3) is 11.5 Å². The number of pyridine rings is 1. The average Bonchev–Trinajstić information content (AvgIpc) is 3.19. The van der Waals surface area contributed by atoms with Crippen molar-refractivity contribution in [3.8, 4) is 11.5 Å². The highest BCUT2D eigenvalue weighted by Crippen LogP contribution is 2.33. The molecule has 0 aliphatic heterocycles. The molecule has 1 N–H and O–H groups in total. The lowest BCUT2D eigenvalue weighted by Crippen LogP contribution is -2.40. The Balaban J connectivity index is 1.55. The molecule has 3 aromatic rings. The van der Waals surface area contributed by atoms with E-state index in [2.05, 4.69) is 57.9 Å². The molecule has 0 unspecified atom stereocenters. The summed E-state index contributed by atoms with van der Waals surface area (Å²) in [6.07, 6.45) is 1.34. The van der Waals surface area contributed by atoms with Crippen LogP contribution in [0.15, 0.2) is 53.2 Å². The molecular weight excluding hydrogens is 460 g/mol. The Morgan fingerprint density at radius 1 is 1.27 bits per heavy atom. The Morgan fingerprint density at radius 3 is 2.60 bits per heavy atom. The number of likely N-dealkylation sites (N-methyl/N-ethyl adjacent to an activating group) is 1. The van der Waals surface area contributed by atoms with Crippen molar-refractivity contribution >= 4 is 21.8 Å². The first-order valence-corrected chi connectivity index (χ1v) is 9.92. The second-order valence-electron chi connectivity index (χ2n) is 6.91. The van der Waals surface area contributed by atoms with Crippen LogP contribution in [0, 0.1) is 0 Å². The first-order valence-electron chi connectivity index (χ1n) is 9.13. The lowest BCUT2D eigenvalue weighted by molar-refractivity contribution is 0.0725. The topological polar surface area (TPSA) is 84.2 Å². The summed E-state index contributed by atoms with van der Waals surface area (Å²) in [6, 6.07) is 13.0.